The van der Waals surface area contributed by atoms with Crippen LogP contribution in [0.25, 0.3) is 76.8 Å². The summed E-state index contributed by atoms with van der Waals surface area (Å²) in [4.78, 5) is 0. The van der Waals surface area contributed by atoms with E-state index in [0.29, 0.717) is 0 Å². The SMILES string of the molecule is CCCCCCCCC1(CCCCCCCC)c2cc(-c3ccc4c(-c5ccc6ccccc6c5)c5cc(C(C)(C)C)ccc5c(C)c4c3)ccc2-c2cc3c(cc21)-c1ccc(C(C)(C)C)cc1C3(c1ccc(C(C)(C)C)cc1)c1ccc(C(C)(C)C)cc1. The van der Waals surface area contributed by atoms with E-state index in [1.165, 1.54) is 204 Å². The van der Waals surface area contributed by atoms with Crippen molar-refractivity contribution < 1.29 is 0 Å². The number of rotatable bonds is 18. The second kappa shape index (κ2) is 24.0. The van der Waals surface area contributed by atoms with Crippen molar-refractivity contribution in [2.75, 3.05) is 0 Å². The lowest BCUT2D eigenvalue weighted by molar-refractivity contribution is 0.398. The van der Waals surface area contributed by atoms with Crippen LogP contribution >= 0.6 is 0 Å². The fraction of sp³-hybridized carbons (Fsp3) is 0.393. The van der Waals surface area contributed by atoms with Crippen LogP contribution in [0.1, 0.15) is 248 Å². The molecular formula is C89H102. The van der Waals surface area contributed by atoms with Crippen LogP contribution in [0.2, 0.25) is 0 Å². The standard InChI is InChI=1S/C89H102/c1-16-18-20-22-24-28-50-88(51-29-25-23-21-19-17-2)79-54-63(62-35-47-74-75(53-62)59(3)71-48-44-69(86(10,11)12)55-78(71)83(74)64-33-32-60-30-26-27-31-61(60)52-64)34-46-72(79)76-58-82-77(57-80(76)88)73-49-45-70(87(13,14)15)56-81(73)89(82,67-40-36-65(37-41-67)84(4,5)6)68-42-38-66(39-43-68)85(7,8)9/h26-27,30-49,52-58H,16-25,28-29,50-51H2,1-15H3. The fourth-order valence-electron chi connectivity index (χ4n) is 16.0. The first-order chi connectivity index (χ1) is 42.5. The summed E-state index contributed by atoms with van der Waals surface area (Å²) in [5.41, 5.74) is 25.7. The monoisotopic (exact) mass is 1170 g/mol. The third kappa shape index (κ3) is 11.3. The molecule has 2 aliphatic carbocycles. The average Bonchev–Trinajstić information content (AvgIpc) is 1.64. The molecule has 0 heteroatoms. The first-order valence-electron chi connectivity index (χ1n) is 34.7. The van der Waals surface area contributed by atoms with Gasteiger partial charge in [-0.1, -0.05) is 314 Å². The highest BCUT2D eigenvalue weighted by atomic mass is 14.5. The number of unbranched alkanes of at least 4 members (excludes halogenated alkanes) is 10. The predicted octanol–water partition coefficient (Wildman–Crippen LogP) is 26.1. The number of benzene rings is 10. The summed E-state index contributed by atoms with van der Waals surface area (Å²) < 4.78 is 0. The Morgan fingerprint density at radius 1 is 0.303 bits per heavy atom. The minimum atomic E-state index is -0.551. The highest BCUT2D eigenvalue weighted by molar-refractivity contribution is 6.16. The topological polar surface area (TPSA) is 0 Å². The van der Waals surface area contributed by atoms with Crippen LogP contribution in [0.3, 0.4) is 0 Å². The van der Waals surface area contributed by atoms with Gasteiger partial charge in [-0.3, -0.25) is 0 Å². The van der Waals surface area contributed by atoms with E-state index in [1.54, 1.807) is 11.1 Å². The molecule has 0 atom stereocenters. The average molecular weight is 1170 g/mol. The molecular weight excluding hydrogens is 1070 g/mol. The zero-order valence-corrected chi connectivity index (χ0v) is 57.1. The van der Waals surface area contributed by atoms with E-state index in [2.05, 4.69) is 280 Å². The van der Waals surface area contributed by atoms with Crippen LogP contribution in [0.4, 0.5) is 0 Å². The summed E-state index contributed by atoms with van der Waals surface area (Å²) in [6.07, 6.45) is 17.8. The molecule has 10 aromatic rings. The highest BCUT2D eigenvalue weighted by Crippen LogP contribution is 2.63. The zero-order valence-electron chi connectivity index (χ0n) is 57.1. The molecule has 0 heterocycles. The van der Waals surface area contributed by atoms with Crippen molar-refractivity contribution in [2.45, 2.75) is 226 Å². The largest absolute Gasteiger partial charge is 0.0713 e. The molecule has 0 aliphatic heterocycles. The summed E-state index contributed by atoms with van der Waals surface area (Å²) >= 11 is 0. The number of hydrogen-bond donors (Lipinski definition) is 0. The van der Waals surface area contributed by atoms with Crippen LogP contribution in [-0.2, 0) is 32.5 Å². The molecule has 0 nitrogen and oxygen atoms in total. The van der Waals surface area contributed by atoms with Crippen molar-refractivity contribution in [3.63, 3.8) is 0 Å². The lowest BCUT2D eigenvalue weighted by Crippen LogP contribution is -2.30. The molecule has 0 N–H and O–H groups in total. The normalized spacial score (nSPS) is 14.4. The Morgan fingerprint density at radius 2 is 0.742 bits per heavy atom. The quantitative estimate of drug-likeness (QED) is 0.0593. The van der Waals surface area contributed by atoms with E-state index in [0.717, 1.165) is 12.8 Å². The Labute approximate surface area is 537 Å². The zero-order chi connectivity index (χ0) is 62.8. The minimum absolute atomic E-state index is 0.0225. The highest BCUT2D eigenvalue weighted by Gasteiger charge is 2.50. The van der Waals surface area contributed by atoms with E-state index in [9.17, 15) is 0 Å². The van der Waals surface area contributed by atoms with Gasteiger partial charge in [0.25, 0.3) is 0 Å². The van der Waals surface area contributed by atoms with Crippen molar-refractivity contribution in [3.05, 3.63) is 237 Å². The summed E-state index contributed by atoms with van der Waals surface area (Å²) in [6, 6.07) is 71.4. The van der Waals surface area contributed by atoms with Crippen molar-refractivity contribution >= 4 is 32.3 Å². The van der Waals surface area contributed by atoms with Gasteiger partial charge in [-0.2, -0.15) is 0 Å². The van der Waals surface area contributed by atoms with Crippen LogP contribution in [0, 0.1) is 6.92 Å². The van der Waals surface area contributed by atoms with Gasteiger partial charge in [-0.25, -0.2) is 0 Å². The molecule has 0 saturated carbocycles. The summed E-state index contributed by atoms with van der Waals surface area (Å²) in [5, 5.41) is 7.89. The maximum absolute atomic E-state index is 2.78. The summed E-state index contributed by atoms with van der Waals surface area (Å²) in [6.45, 7) is 35.4. The van der Waals surface area contributed by atoms with Gasteiger partial charge in [-0.05, 0) is 216 Å². The molecule has 2 aliphatic rings. The first-order valence-corrected chi connectivity index (χ1v) is 34.7. The van der Waals surface area contributed by atoms with E-state index in [-0.39, 0.29) is 27.1 Å². The lowest BCUT2D eigenvalue weighted by Gasteiger charge is -2.36. The molecule has 458 valence electrons. The molecule has 0 amide bonds. The maximum Gasteiger partial charge on any atom is 0.0713 e. The Morgan fingerprint density at radius 3 is 1.34 bits per heavy atom. The number of aryl methyl sites for hydroxylation is 1. The first kappa shape index (κ1) is 62.2. The molecule has 10 aromatic carbocycles. The van der Waals surface area contributed by atoms with Gasteiger partial charge < -0.3 is 0 Å². The number of fused-ring (bicyclic) bond motifs is 9. The van der Waals surface area contributed by atoms with E-state index < -0.39 is 5.41 Å². The molecule has 0 aromatic heterocycles. The molecule has 89 heavy (non-hydrogen) atoms. The molecule has 0 unspecified atom stereocenters. The summed E-state index contributed by atoms with van der Waals surface area (Å²) in [5.74, 6) is 0. The van der Waals surface area contributed by atoms with Gasteiger partial charge in [0, 0.05) is 5.41 Å². The third-order valence-corrected chi connectivity index (χ3v) is 21.4. The van der Waals surface area contributed by atoms with Crippen molar-refractivity contribution in [1.82, 2.24) is 0 Å². The van der Waals surface area contributed by atoms with Crippen molar-refractivity contribution in [2.24, 2.45) is 0 Å². The van der Waals surface area contributed by atoms with Crippen molar-refractivity contribution in [1.29, 1.82) is 0 Å². The summed E-state index contributed by atoms with van der Waals surface area (Å²) in [7, 11) is 0. The van der Waals surface area contributed by atoms with Gasteiger partial charge in [0.15, 0.2) is 0 Å². The van der Waals surface area contributed by atoms with Gasteiger partial charge in [-0.15, -0.1) is 0 Å². The molecule has 12 rings (SSSR count). The Balaban J connectivity index is 1.10. The smallest absolute Gasteiger partial charge is 0.0654 e. The van der Waals surface area contributed by atoms with Gasteiger partial charge in [0.1, 0.15) is 0 Å². The lowest BCUT2D eigenvalue weighted by atomic mass is 9.65. The molecule has 0 bridgehead atoms. The molecule has 0 radical (unpaired) electrons. The predicted molar refractivity (Wildman–Crippen MR) is 389 cm³/mol. The van der Waals surface area contributed by atoms with Gasteiger partial charge in [0.2, 0.25) is 0 Å². The maximum atomic E-state index is 2.78. The Bertz CT molecular complexity index is 4170. The van der Waals surface area contributed by atoms with Crippen LogP contribution in [0.15, 0.2) is 176 Å². The van der Waals surface area contributed by atoms with E-state index >= 15 is 0 Å². The van der Waals surface area contributed by atoms with Crippen LogP contribution < -0.4 is 0 Å². The van der Waals surface area contributed by atoms with Gasteiger partial charge in [0.05, 0.1) is 5.41 Å². The second-order valence-corrected chi connectivity index (χ2v) is 31.6. The second-order valence-electron chi connectivity index (χ2n) is 31.6. The van der Waals surface area contributed by atoms with Crippen molar-refractivity contribution in [3.8, 4) is 44.5 Å². The van der Waals surface area contributed by atoms with E-state index in [4.69, 9.17) is 0 Å². The minimum Gasteiger partial charge on any atom is -0.0654 e. The Kier molecular flexibility index (Phi) is 16.8. The van der Waals surface area contributed by atoms with Gasteiger partial charge >= 0.3 is 0 Å². The van der Waals surface area contributed by atoms with Crippen LogP contribution in [0.5, 0.6) is 0 Å². The number of hydrogen-bond acceptors (Lipinski definition) is 0. The molecule has 0 fully saturated rings. The molecule has 0 spiro atoms. The molecule has 0 saturated heterocycles. The van der Waals surface area contributed by atoms with E-state index in [1.807, 2.05) is 0 Å². The third-order valence-electron chi connectivity index (χ3n) is 21.4. The Hall–Kier alpha value is -7.02. The fourth-order valence-corrected chi connectivity index (χ4v) is 16.0. The van der Waals surface area contributed by atoms with Crippen LogP contribution in [-0.4, -0.2) is 0 Å².